The van der Waals surface area contributed by atoms with E-state index in [1.807, 2.05) is 0 Å². The van der Waals surface area contributed by atoms with Crippen LogP contribution in [0.5, 0.6) is 0 Å². The van der Waals surface area contributed by atoms with Crippen LogP contribution in [-0.2, 0) is 4.74 Å². The lowest BCUT2D eigenvalue weighted by Gasteiger charge is -2.34. The van der Waals surface area contributed by atoms with E-state index in [1.165, 1.54) is 12.8 Å². The number of nitrogens with one attached hydrogen (secondary N) is 1. The monoisotopic (exact) mass is 237 g/mol. The minimum absolute atomic E-state index is 0.649. The van der Waals surface area contributed by atoms with E-state index in [0.29, 0.717) is 6.04 Å². The van der Waals surface area contributed by atoms with E-state index in [2.05, 4.69) is 34.9 Å². The third kappa shape index (κ3) is 3.00. The minimum atomic E-state index is 0.649. The topological polar surface area (TPSA) is 39.1 Å². The number of rotatable bonds is 6. The summed E-state index contributed by atoms with van der Waals surface area (Å²) in [6, 6.07) is 0.649. The Morgan fingerprint density at radius 3 is 2.94 bits per heavy atom. The summed E-state index contributed by atoms with van der Waals surface area (Å²) in [6.07, 6.45) is 5.74. The fourth-order valence-electron chi connectivity index (χ4n) is 2.43. The van der Waals surface area contributed by atoms with Gasteiger partial charge in [0.05, 0.1) is 5.69 Å². The smallest absolute Gasteiger partial charge is 0.203 e. The first-order valence-corrected chi connectivity index (χ1v) is 6.49. The Morgan fingerprint density at radius 1 is 1.53 bits per heavy atom. The van der Waals surface area contributed by atoms with Gasteiger partial charge in [-0.05, 0) is 32.1 Å². The van der Waals surface area contributed by atoms with Crippen LogP contribution in [0.2, 0.25) is 0 Å². The van der Waals surface area contributed by atoms with Crippen LogP contribution in [0.1, 0.15) is 37.9 Å². The van der Waals surface area contributed by atoms with Gasteiger partial charge in [-0.25, -0.2) is 4.98 Å². The molecule has 17 heavy (non-hydrogen) atoms. The maximum absolute atomic E-state index is 5.04. The predicted molar refractivity (Wildman–Crippen MR) is 69.4 cm³/mol. The number of ether oxygens (including phenoxy) is 1. The van der Waals surface area contributed by atoms with Gasteiger partial charge in [-0.1, -0.05) is 6.92 Å². The summed E-state index contributed by atoms with van der Waals surface area (Å²) in [5.41, 5.74) is 1.10. The molecule has 1 fully saturated rings. The van der Waals surface area contributed by atoms with E-state index in [4.69, 9.17) is 4.74 Å². The second-order valence-corrected chi connectivity index (χ2v) is 5.12. The third-order valence-electron chi connectivity index (χ3n) is 3.40. The lowest BCUT2D eigenvalue weighted by Crippen LogP contribution is -2.25. The Balaban J connectivity index is 1.91. The summed E-state index contributed by atoms with van der Waals surface area (Å²) < 4.78 is 7.35. The third-order valence-corrected chi connectivity index (χ3v) is 3.40. The minimum Gasteiger partial charge on any atom is -0.385 e. The van der Waals surface area contributed by atoms with Gasteiger partial charge < -0.3 is 14.6 Å². The van der Waals surface area contributed by atoms with Crippen LogP contribution >= 0.6 is 0 Å². The summed E-state index contributed by atoms with van der Waals surface area (Å²) in [7, 11) is 1.74. The van der Waals surface area contributed by atoms with Crippen molar-refractivity contribution in [3.05, 3.63) is 11.9 Å². The zero-order valence-corrected chi connectivity index (χ0v) is 11.1. The van der Waals surface area contributed by atoms with Crippen LogP contribution in [0.3, 0.4) is 0 Å². The zero-order chi connectivity index (χ0) is 12.3. The first kappa shape index (κ1) is 12.4. The quantitative estimate of drug-likeness (QED) is 0.773. The lowest BCUT2D eigenvalue weighted by molar-refractivity contribution is 0.197. The highest BCUT2D eigenvalue weighted by molar-refractivity contribution is 5.30. The maximum atomic E-state index is 5.04. The Bertz CT molecular complexity index is 356. The van der Waals surface area contributed by atoms with Crippen molar-refractivity contribution >= 4 is 5.95 Å². The second kappa shape index (κ2) is 5.54. The van der Waals surface area contributed by atoms with Gasteiger partial charge >= 0.3 is 0 Å². The molecule has 0 saturated heterocycles. The molecule has 0 radical (unpaired) electrons. The largest absolute Gasteiger partial charge is 0.385 e. The average molecular weight is 237 g/mol. The summed E-state index contributed by atoms with van der Waals surface area (Å²) >= 11 is 0. The van der Waals surface area contributed by atoms with Crippen molar-refractivity contribution in [1.82, 2.24) is 9.55 Å². The van der Waals surface area contributed by atoms with E-state index in [-0.39, 0.29) is 0 Å². The van der Waals surface area contributed by atoms with Crippen molar-refractivity contribution in [2.24, 2.45) is 5.92 Å². The summed E-state index contributed by atoms with van der Waals surface area (Å²) in [6.45, 7) is 6.09. The number of aryl methyl sites for hydroxylation is 1. The van der Waals surface area contributed by atoms with Gasteiger partial charge in [0.2, 0.25) is 5.95 Å². The molecule has 0 atom stereocenters. The highest BCUT2D eigenvalue weighted by Crippen LogP contribution is 2.38. The number of hydrogen-bond acceptors (Lipinski definition) is 3. The molecule has 1 aromatic rings. The molecule has 2 rings (SSSR count). The van der Waals surface area contributed by atoms with Gasteiger partial charge in [0, 0.05) is 32.5 Å². The molecule has 0 bridgehead atoms. The van der Waals surface area contributed by atoms with Crippen molar-refractivity contribution in [3.8, 4) is 0 Å². The fourth-order valence-corrected chi connectivity index (χ4v) is 2.43. The van der Waals surface area contributed by atoms with Crippen molar-refractivity contribution in [3.63, 3.8) is 0 Å². The van der Waals surface area contributed by atoms with E-state index in [9.17, 15) is 0 Å². The molecule has 1 heterocycles. The fraction of sp³-hybridized carbons (Fsp3) is 0.769. The SMILES string of the molecule is COCCCNc1nc(C)cn1C1CC(C)C1. The molecule has 0 amide bonds. The Kier molecular flexibility index (Phi) is 4.05. The first-order valence-electron chi connectivity index (χ1n) is 6.49. The standard InChI is InChI=1S/C13H23N3O/c1-10-7-12(8-10)16-9-11(2)15-13(16)14-5-4-6-17-3/h9-10,12H,4-8H2,1-3H3,(H,14,15). The molecule has 4 nitrogen and oxygen atoms in total. The highest BCUT2D eigenvalue weighted by Gasteiger charge is 2.28. The number of imidazole rings is 1. The van der Waals surface area contributed by atoms with Gasteiger partial charge in [-0.15, -0.1) is 0 Å². The van der Waals surface area contributed by atoms with Crippen molar-refractivity contribution in [1.29, 1.82) is 0 Å². The van der Waals surface area contributed by atoms with Crippen molar-refractivity contribution in [2.75, 3.05) is 25.6 Å². The molecule has 1 N–H and O–H groups in total. The molecule has 96 valence electrons. The van der Waals surface area contributed by atoms with E-state index in [0.717, 1.165) is 37.1 Å². The number of methoxy groups -OCH3 is 1. The molecule has 0 aliphatic heterocycles. The summed E-state index contributed by atoms with van der Waals surface area (Å²) in [5, 5.41) is 3.40. The molecule has 1 aromatic heterocycles. The highest BCUT2D eigenvalue weighted by atomic mass is 16.5. The predicted octanol–water partition coefficient (Wildman–Crippen LogP) is 2.61. The van der Waals surface area contributed by atoms with Crippen molar-refractivity contribution in [2.45, 2.75) is 39.2 Å². The Labute approximate surface area is 103 Å². The number of anilines is 1. The Morgan fingerprint density at radius 2 is 2.29 bits per heavy atom. The number of aromatic nitrogens is 2. The van der Waals surface area contributed by atoms with Gasteiger partial charge in [-0.2, -0.15) is 0 Å². The van der Waals surface area contributed by atoms with Crippen LogP contribution in [0, 0.1) is 12.8 Å². The van der Waals surface area contributed by atoms with Crippen LogP contribution < -0.4 is 5.32 Å². The van der Waals surface area contributed by atoms with E-state index in [1.54, 1.807) is 7.11 Å². The second-order valence-electron chi connectivity index (χ2n) is 5.12. The normalized spacial score (nSPS) is 23.5. The number of nitrogens with zero attached hydrogens (tertiary/aromatic N) is 2. The van der Waals surface area contributed by atoms with Gasteiger partial charge in [-0.3, -0.25) is 0 Å². The molecule has 1 aliphatic rings. The molecule has 0 unspecified atom stereocenters. The number of hydrogen-bond donors (Lipinski definition) is 1. The molecule has 0 spiro atoms. The molecular weight excluding hydrogens is 214 g/mol. The zero-order valence-electron chi connectivity index (χ0n) is 11.1. The maximum Gasteiger partial charge on any atom is 0.203 e. The van der Waals surface area contributed by atoms with Crippen LogP contribution in [0.4, 0.5) is 5.95 Å². The van der Waals surface area contributed by atoms with E-state index >= 15 is 0 Å². The van der Waals surface area contributed by atoms with Crippen LogP contribution in [0.25, 0.3) is 0 Å². The first-order chi connectivity index (χ1) is 8.20. The Hall–Kier alpha value is -1.03. The van der Waals surface area contributed by atoms with Gasteiger partial charge in [0.1, 0.15) is 0 Å². The van der Waals surface area contributed by atoms with Crippen molar-refractivity contribution < 1.29 is 4.74 Å². The van der Waals surface area contributed by atoms with Crippen LogP contribution in [0.15, 0.2) is 6.20 Å². The summed E-state index contributed by atoms with van der Waals surface area (Å²) in [4.78, 5) is 4.55. The molecule has 1 aliphatic carbocycles. The summed E-state index contributed by atoms with van der Waals surface area (Å²) in [5.74, 6) is 1.89. The molecule has 4 heteroatoms. The van der Waals surface area contributed by atoms with Crippen LogP contribution in [-0.4, -0.2) is 29.8 Å². The van der Waals surface area contributed by atoms with Gasteiger partial charge in [0.15, 0.2) is 0 Å². The molecule has 0 aromatic carbocycles. The molecule has 1 saturated carbocycles. The molecular formula is C13H23N3O. The lowest BCUT2D eigenvalue weighted by atomic mass is 9.82. The van der Waals surface area contributed by atoms with E-state index < -0.39 is 0 Å². The van der Waals surface area contributed by atoms with Gasteiger partial charge in [0.25, 0.3) is 0 Å². The average Bonchev–Trinajstić information content (AvgIpc) is 2.61.